The van der Waals surface area contributed by atoms with Gasteiger partial charge in [-0.25, -0.2) is 4.98 Å². The van der Waals surface area contributed by atoms with E-state index in [0.29, 0.717) is 24.0 Å². The monoisotopic (exact) mass is 295 g/mol. The van der Waals surface area contributed by atoms with Crippen LogP contribution in [0.2, 0.25) is 0 Å². The highest BCUT2D eigenvalue weighted by Crippen LogP contribution is 2.27. The largest absolute Gasteiger partial charge is 0.362 e. The van der Waals surface area contributed by atoms with Crippen molar-refractivity contribution in [2.75, 3.05) is 17.2 Å². The number of aromatic nitrogens is 2. The third-order valence-corrected chi connectivity index (χ3v) is 3.20. The maximum absolute atomic E-state index is 11.2. The van der Waals surface area contributed by atoms with Gasteiger partial charge in [0.05, 0.1) is 4.92 Å². The Morgan fingerprint density at radius 2 is 2.00 bits per heavy atom. The average Bonchev–Trinajstić information content (AvgIpc) is 2.38. The van der Waals surface area contributed by atoms with Crippen molar-refractivity contribution >= 4 is 17.5 Å². The van der Waals surface area contributed by atoms with Crippen LogP contribution in [0.4, 0.5) is 17.5 Å². The molecule has 7 nitrogen and oxygen atoms in total. The van der Waals surface area contributed by atoms with Crippen molar-refractivity contribution in [2.24, 2.45) is 0 Å². The number of rotatable bonds is 9. The van der Waals surface area contributed by atoms with Crippen molar-refractivity contribution < 1.29 is 4.92 Å². The van der Waals surface area contributed by atoms with Crippen LogP contribution in [0.5, 0.6) is 0 Å². The van der Waals surface area contributed by atoms with Crippen LogP contribution in [0.15, 0.2) is 0 Å². The van der Waals surface area contributed by atoms with E-state index in [1.807, 2.05) is 13.8 Å². The van der Waals surface area contributed by atoms with E-state index in [2.05, 4.69) is 27.5 Å². The maximum Gasteiger partial charge on any atom is 0.332 e. The van der Waals surface area contributed by atoms with E-state index in [1.165, 1.54) is 6.42 Å². The molecule has 0 aromatic carbocycles. The standard InChI is InChI=1S/C14H25N5O2/c1-5-7-8-9-10(3)16-13-12(19(20)21)11(4)17-14(18-13)15-6-2/h10H,5-9H2,1-4H3,(H2,15,16,17,18). The quantitative estimate of drug-likeness (QED) is 0.411. The molecule has 0 amide bonds. The number of nitrogens with one attached hydrogen (secondary N) is 2. The molecular weight excluding hydrogens is 270 g/mol. The second-order valence-corrected chi connectivity index (χ2v) is 5.16. The lowest BCUT2D eigenvalue weighted by Gasteiger charge is -2.15. The van der Waals surface area contributed by atoms with Gasteiger partial charge in [0.25, 0.3) is 0 Å². The molecule has 0 saturated heterocycles. The molecule has 7 heteroatoms. The van der Waals surface area contributed by atoms with Gasteiger partial charge in [-0.2, -0.15) is 4.98 Å². The summed E-state index contributed by atoms with van der Waals surface area (Å²) in [5.41, 5.74) is 0.327. The molecule has 0 spiro atoms. The SMILES string of the molecule is CCCCCC(C)Nc1nc(NCC)nc(C)c1[N+](=O)[O-]. The van der Waals surface area contributed by atoms with E-state index in [0.717, 1.165) is 19.3 Å². The lowest BCUT2D eigenvalue weighted by molar-refractivity contribution is -0.385. The Morgan fingerprint density at radius 3 is 2.57 bits per heavy atom. The summed E-state index contributed by atoms with van der Waals surface area (Å²) < 4.78 is 0. The molecule has 1 rings (SSSR count). The van der Waals surface area contributed by atoms with Gasteiger partial charge in [0.1, 0.15) is 5.69 Å². The van der Waals surface area contributed by atoms with Gasteiger partial charge in [0, 0.05) is 12.6 Å². The van der Waals surface area contributed by atoms with E-state index in [1.54, 1.807) is 6.92 Å². The van der Waals surface area contributed by atoms with Crippen LogP contribution in [-0.2, 0) is 0 Å². The molecule has 1 aromatic rings. The summed E-state index contributed by atoms with van der Waals surface area (Å²) in [5, 5.41) is 17.4. The van der Waals surface area contributed by atoms with Gasteiger partial charge in [-0.1, -0.05) is 26.2 Å². The first-order valence-electron chi connectivity index (χ1n) is 7.53. The number of aryl methyl sites for hydroxylation is 1. The summed E-state index contributed by atoms with van der Waals surface area (Å²) in [6, 6.07) is 0.138. The topological polar surface area (TPSA) is 93.0 Å². The van der Waals surface area contributed by atoms with Crippen LogP contribution in [-0.4, -0.2) is 27.5 Å². The van der Waals surface area contributed by atoms with E-state index in [-0.39, 0.29) is 11.7 Å². The van der Waals surface area contributed by atoms with Gasteiger partial charge < -0.3 is 10.6 Å². The summed E-state index contributed by atoms with van der Waals surface area (Å²) in [6.07, 6.45) is 4.39. The van der Waals surface area contributed by atoms with Crippen LogP contribution in [0.1, 0.15) is 52.1 Å². The third kappa shape index (κ3) is 5.17. The average molecular weight is 295 g/mol. The molecular formula is C14H25N5O2. The number of anilines is 2. The van der Waals surface area contributed by atoms with Crippen molar-refractivity contribution in [3.8, 4) is 0 Å². The Kier molecular flexibility index (Phi) is 6.84. The minimum Gasteiger partial charge on any atom is -0.362 e. The lowest BCUT2D eigenvalue weighted by Crippen LogP contribution is -2.18. The number of nitrogens with zero attached hydrogens (tertiary/aromatic N) is 3. The highest BCUT2D eigenvalue weighted by Gasteiger charge is 2.23. The zero-order valence-electron chi connectivity index (χ0n) is 13.3. The molecule has 0 fully saturated rings. The van der Waals surface area contributed by atoms with Crippen molar-refractivity contribution in [2.45, 2.75) is 59.4 Å². The van der Waals surface area contributed by atoms with E-state index >= 15 is 0 Å². The summed E-state index contributed by atoms with van der Waals surface area (Å²) in [7, 11) is 0. The molecule has 1 unspecified atom stereocenters. The minimum atomic E-state index is -0.424. The Morgan fingerprint density at radius 1 is 1.29 bits per heavy atom. The molecule has 1 aromatic heterocycles. The molecule has 0 aliphatic carbocycles. The predicted molar refractivity (Wildman–Crippen MR) is 84.8 cm³/mol. The smallest absolute Gasteiger partial charge is 0.332 e. The number of hydrogen-bond donors (Lipinski definition) is 2. The van der Waals surface area contributed by atoms with Crippen LogP contribution >= 0.6 is 0 Å². The second kappa shape index (κ2) is 8.39. The Balaban J connectivity index is 2.93. The second-order valence-electron chi connectivity index (χ2n) is 5.16. The van der Waals surface area contributed by atoms with Crippen molar-refractivity contribution in [1.29, 1.82) is 0 Å². The van der Waals surface area contributed by atoms with Gasteiger partial charge in [-0.3, -0.25) is 10.1 Å². The van der Waals surface area contributed by atoms with Crippen LogP contribution in [0, 0.1) is 17.0 Å². The molecule has 21 heavy (non-hydrogen) atoms. The molecule has 0 aliphatic rings. The number of nitro groups is 1. The Hall–Kier alpha value is -1.92. The molecule has 0 aliphatic heterocycles. The van der Waals surface area contributed by atoms with E-state index in [9.17, 15) is 10.1 Å². The molecule has 1 heterocycles. The number of hydrogen-bond acceptors (Lipinski definition) is 6. The summed E-state index contributed by atoms with van der Waals surface area (Å²) in [6.45, 7) is 8.40. The normalized spacial score (nSPS) is 12.0. The lowest BCUT2D eigenvalue weighted by atomic mass is 10.1. The van der Waals surface area contributed by atoms with Crippen LogP contribution < -0.4 is 10.6 Å². The summed E-state index contributed by atoms with van der Waals surface area (Å²) in [4.78, 5) is 19.2. The van der Waals surface area contributed by atoms with Gasteiger partial charge >= 0.3 is 5.69 Å². The molecule has 0 bridgehead atoms. The first-order chi connectivity index (χ1) is 9.99. The van der Waals surface area contributed by atoms with E-state index < -0.39 is 4.92 Å². The van der Waals surface area contributed by atoms with Crippen molar-refractivity contribution in [3.05, 3.63) is 15.8 Å². The fourth-order valence-electron chi connectivity index (χ4n) is 2.13. The first kappa shape index (κ1) is 17.1. The summed E-state index contributed by atoms with van der Waals surface area (Å²) in [5.74, 6) is 0.719. The zero-order chi connectivity index (χ0) is 15.8. The molecule has 0 radical (unpaired) electrons. The fraction of sp³-hybridized carbons (Fsp3) is 0.714. The van der Waals surface area contributed by atoms with E-state index in [4.69, 9.17) is 0 Å². The highest BCUT2D eigenvalue weighted by molar-refractivity contribution is 5.61. The van der Waals surface area contributed by atoms with Crippen LogP contribution in [0.3, 0.4) is 0 Å². The molecule has 118 valence electrons. The van der Waals surface area contributed by atoms with Gasteiger partial charge in [0.15, 0.2) is 0 Å². The van der Waals surface area contributed by atoms with Crippen LogP contribution in [0.25, 0.3) is 0 Å². The Bertz CT molecular complexity index is 479. The maximum atomic E-state index is 11.2. The van der Waals surface area contributed by atoms with Gasteiger partial charge in [-0.15, -0.1) is 0 Å². The predicted octanol–water partition coefficient (Wildman–Crippen LogP) is 3.51. The number of unbranched alkanes of at least 4 members (excludes halogenated alkanes) is 2. The minimum absolute atomic E-state index is 0.0426. The van der Waals surface area contributed by atoms with Gasteiger partial charge in [-0.05, 0) is 27.2 Å². The summed E-state index contributed by atoms with van der Waals surface area (Å²) >= 11 is 0. The first-order valence-corrected chi connectivity index (χ1v) is 7.53. The molecule has 2 N–H and O–H groups in total. The van der Waals surface area contributed by atoms with Gasteiger partial charge in [0.2, 0.25) is 11.8 Å². The zero-order valence-corrected chi connectivity index (χ0v) is 13.3. The Labute approximate surface area is 125 Å². The molecule has 0 saturated carbocycles. The molecule has 1 atom stereocenters. The van der Waals surface area contributed by atoms with Crippen molar-refractivity contribution in [3.63, 3.8) is 0 Å². The fourth-order valence-corrected chi connectivity index (χ4v) is 2.13. The highest BCUT2D eigenvalue weighted by atomic mass is 16.6. The van der Waals surface area contributed by atoms with Crippen molar-refractivity contribution in [1.82, 2.24) is 9.97 Å². The third-order valence-electron chi connectivity index (χ3n) is 3.20.